The van der Waals surface area contributed by atoms with Crippen molar-refractivity contribution in [3.8, 4) is 0 Å². The van der Waals surface area contributed by atoms with Crippen molar-refractivity contribution in [3.05, 3.63) is 36.0 Å². The van der Waals surface area contributed by atoms with Crippen LogP contribution in [0.4, 0.5) is 0 Å². The zero-order valence-electron chi connectivity index (χ0n) is 9.24. The Morgan fingerprint density at radius 2 is 2.33 bits per heavy atom. The largest absolute Gasteiger partial charge is 0.476 e. The number of aromatic nitrogens is 3. The Balaban J connectivity index is 1.81. The molecule has 0 aliphatic heterocycles. The lowest BCUT2D eigenvalue weighted by Crippen LogP contribution is -2.27. The van der Waals surface area contributed by atoms with E-state index in [2.05, 4.69) is 15.6 Å². The van der Waals surface area contributed by atoms with Gasteiger partial charge in [-0.3, -0.25) is 4.79 Å². The molecule has 0 atom stereocenters. The van der Waals surface area contributed by atoms with Crippen LogP contribution in [0.3, 0.4) is 0 Å². The first kappa shape index (κ1) is 11.8. The average Bonchev–Trinajstić information content (AvgIpc) is 3.00. The van der Waals surface area contributed by atoms with Gasteiger partial charge in [-0.1, -0.05) is 5.21 Å². The quantitative estimate of drug-likeness (QED) is 0.772. The molecule has 0 saturated carbocycles. The lowest BCUT2D eigenvalue weighted by Gasteiger charge is -2.02. The number of hydrogen-bond donors (Lipinski definition) is 2. The molecule has 8 heteroatoms. The topological polar surface area (TPSA) is 110 Å². The maximum atomic E-state index is 11.5. The van der Waals surface area contributed by atoms with Gasteiger partial charge in [0.25, 0.3) is 5.91 Å². The van der Waals surface area contributed by atoms with Crippen molar-refractivity contribution in [3.63, 3.8) is 0 Å². The molecule has 0 aliphatic rings. The molecule has 0 aromatic carbocycles. The standard InChI is InChI=1S/C10H10N4O4/c15-9(7-1-4-18-6-7)11-2-3-14-5-8(10(16)17)12-13-14/h1,4-6H,2-3H2,(H,11,15)(H,16,17). The molecule has 2 aromatic heterocycles. The zero-order valence-corrected chi connectivity index (χ0v) is 9.24. The molecule has 0 saturated heterocycles. The number of amides is 1. The second-order valence-electron chi connectivity index (χ2n) is 3.44. The summed E-state index contributed by atoms with van der Waals surface area (Å²) in [5.74, 6) is -1.40. The van der Waals surface area contributed by atoms with E-state index in [0.717, 1.165) is 0 Å². The van der Waals surface area contributed by atoms with Gasteiger partial charge in [0.05, 0.1) is 24.6 Å². The van der Waals surface area contributed by atoms with E-state index in [0.29, 0.717) is 18.7 Å². The normalized spacial score (nSPS) is 10.2. The van der Waals surface area contributed by atoms with E-state index >= 15 is 0 Å². The van der Waals surface area contributed by atoms with Crippen LogP contribution in [-0.4, -0.2) is 38.5 Å². The van der Waals surface area contributed by atoms with E-state index in [-0.39, 0.29) is 11.6 Å². The molecule has 94 valence electrons. The van der Waals surface area contributed by atoms with Gasteiger partial charge in [-0.2, -0.15) is 0 Å². The van der Waals surface area contributed by atoms with E-state index in [1.807, 2.05) is 0 Å². The summed E-state index contributed by atoms with van der Waals surface area (Å²) >= 11 is 0. The Kier molecular flexibility index (Phi) is 3.37. The van der Waals surface area contributed by atoms with Gasteiger partial charge in [-0.05, 0) is 6.07 Å². The van der Waals surface area contributed by atoms with E-state index in [1.54, 1.807) is 6.07 Å². The first-order chi connectivity index (χ1) is 8.66. The molecule has 0 radical (unpaired) electrons. The number of carboxylic acid groups (broad SMARTS) is 1. The number of hydrogen-bond acceptors (Lipinski definition) is 5. The molecule has 0 unspecified atom stereocenters. The van der Waals surface area contributed by atoms with Gasteiger partial charge in [0.1, 0.15) is 6.26 Å². The molecule has 0 bridgehead atoms. The van der Waals surface area contributed by atoms with Gasteiger partial charge in [0.2, 0.25) is 0 Å². The van der Waals surface area contributed by atoms with E-state index in [4.69, 9.17) is 9.52 Å². The fraction of sp³-hybridized carbons (Fsp3) is 0.200. The highest BCUT2D eigenvalue weighted by Crippen LogP contribution is 1.98. The summed E-state index contributed by atoms with van der Waals surface area (Å²) in [5.41, 5.74) is 0.302. The third-order valence-electron chi connectivity index (χ3n) is 2.17. The highest BCUT2D eigenvalue weighted by Gasteiger charge is 2.09. The fourth-order valence-electron chi connectivity index (χ4n) is 1.29. The number of nitrogens with one attached hydrogen (secondary N) is 1. The summed E-state index contributed by atoms with van der Waals surface area (Å²) in [7, 11) is 0. The SMILES string of the molecule is O=C(NCCn1cc(C(=O)O)nn1)c1ccoc1. The van der Waals surface area contributed by atoms with E-state index in [1.165, 1.54) is 23.4 Å². The predicted molar refractivity (Wildman–Crippen MR) is 58.0 cm³/mol. The molecular weight excluding hydrogens is 240 g/mol. The zero-order chi connectivity index (χ0) is 13.0. The van der Waals surface area contributed by atoms with Gasteiger partial charge >= 0.3 is 5.97 Å². The first-order valence-electron chi connectivity index (χ1n) is 5.10. The number of furan rings is 1. The third-order valence-corrected chi connectivity index (χ3v) is 2.17. The van der Waals surface area contributed by atoms with E-state index in [9.17, 15) is 9.59 Å². The van der Waals surface area contributed by atoms with Crippen LogP contribution in [0, 0.1) is 0 Å². The summed E-state index contributed by atoms with van der Waals surface area (Å²) in [6.07, 6.45) is 4.05. The van der Waals surface area contributed by atoms with Crippen LogP contribution in [0.25, 0.3) is 0 Å². The van der Waals surface area contributed by atoms with Crippen molar-refractivity contribution < 1.29 is 19.1 Å². The summed E-state index contributed by atoms with van der Waals surface area (Å²) in [4.78, 5) is 22.1. The van der Waals surface area contributed by atoms with Crippen LogP contribution in [-0.2, 0) is 6.54 Å². The molecule has 2 aromatic rings. The van der Waals surface area contributed by atoms with Crippen LogP contribution >= 0.6 is 0 Å². The molecule has 18 heavy (non-hydrogen) atoms. The monoisotopic (exact) mass is 250 g/mol. The highest BCUT2D eigenvalue weighted by atomic mass is 16.4. The summed E-state index contributed by atoms with van der Waals surface area (Å²) < 4.78 is 6.12. The van der Waals surface area contributed by atoms with E-state index < -0.39 is 5.97 Å². The molecule has 8 nitrogen and oxygen atoms in total. The summed E-state index contributed by atoms with van der Waals surface area (Å²) in [6, 6.07) is 1.55. The molecule has 2 rings (SSSR count). The molecule has 2 N–H and O–H groups in total. The molecule has 0 aliphatic carbocycles. The maximum Gasteiger partial charge on any atom is 0.358 e. The van der Waals surface area contributed by atoms with Crippen LogP contribution in [0.1, 0.15) is 20.8 Å². The van der Waals surface area contributed by atoms with Crippen molar-refractivity contribution in [1.82, 2.24) is 20.3 Å². The van der Waals surface area contributed by atoms with Crippen LogP contribution < -0.4 is 5.32 Å². The van der Waals surface area contributed by atoms with Crippen molar-refractivity contribution in [2.24, 2.45) is 0 Å². The number of aromatic carboxylic acids is 1. The molecule has 2 heterocycles. The minimum Gasteiger partial charge on any atom is -0.476 e. The number of rotatable bonds is 5. The number of carboxylic acids is 1. The lowest BCUT2D eigenvalue weighted by molar-refractivity contribution is 0.0690. The summed E-state index contributed by atoms with van der Waals surface area (Å²) in [5, 5.41) is 18.3. The Morgan fingerprint density at radius 1 is 1.50 bits per heavy atom. The average molecular weight is 250 g/mol. The number of carbonyl (C=O) groups excluding carboxylic acids is 1. The fourth-order valence-corrected chi connectivity index (χ4v) is 1.29. The maximum absolute atomic E-state index is 11.5. The van der Waals surface area contributed by atoms with Crippen molar-refractivity contribution >= 4 is 11.9 Å². The van der Waals surface area contributed by atoms with Crippen molar-refractivity contribution in [1.29, 1.82) is 0 Å². The lowest BCUT2D eigenvalue weighted by atomic mass is 10.3. The van der Waals surface area contributed by atoms with Crippen LogP contribution in [0.2, 0.25) is 0 Å². The van der Waals surface area contributed by atoms with Crippen molar-refractivity contribution in [2.45, 2.75) is 6.54 Å². The van der Waals surface area contributed by atoms with Gasteiger partial charge in [0.15, 0.2) is 5.69 Å². The van der Waals surface area contributed by atoms with Gasteiger partial charge < -0.3 is 14.8 Å². The third kappa shape index (κ3) is 2.73. The number of nitrogens with zero attached hydrogens (tertiary/aromatic N) is 3. The van der Waals surface area contributed by atoms with Crippen molar-refractivity contribution in [2.75, 3.05) is 6.54 Å². The number of carbonyl (C=O) groups is 2. The van der Waals surface area contributed by atoms with Crippen LogP contribution in [0.15, 0.2) is 29.2 Å². The Labute approximate surface area is 101 Å². The summed E-state index contributed by atoms with van der Waals surface area (Å²) in [6.45, 7) is 0.649. The minimum atomic E-state index is -1.14. The molecule has 0 spiro atoms. The molecule has 1 amide bonds. The first-order valence-corrected chi connectivity index (χ1v) is 5.10. The van der Waals surface area contributed by atoms with Gasteiger partial charge in [-0.15, -0.1) is 5.10 Å². The Bertz CT molecular complexity index is 546. The van der Waals surface area contributed by atoms with Gasteiger partial charge in [0, 0.05) is 6.54 Å². The molecule has 0 fully saturated rings. The smallest absolute Gasteiger partial charge is 0.358 e. The van der Waals surface area contributed by atoms with Gasteiger partial charge in [-0.25, -0.2) is 9.48 Å². The van der Waals surface area contributed by atoms with Crippen LogP contribution in [0.5, 0.6) is 0 Å². The predicted octanol–water partition coefficient (Wildman–Crippen LogP) is -0.000700. The second kappa shape index (κ2) is 5.13. The Morgan fingerprint density at radius 3 is 2.94 bits per heavy atom. The second-order valence-corrected chi connectivity index (χ2v) is 3.44. The highest BCUT2D eigenvalue weighted by molar-refractivity contribution is 5.93. The Hall–Kier alpha value is -2.64. The molecular formula is C10H10N4O4. The minimum absolute atomic E-state index is 0.129.